The fourth-order valence-corrected chi connectivity index (χ4v) is 6.02. The van der Waals surface area contributed by atoms with E-state index in [2.05, 4.69) is 25.9 Å². The maximum absolute atomic E-state index is 13.8. The van der Waals surface area contributed by atoms with E-state index >= 15 is 0 Å². The zero-order valence-corrected chi connectivity index (χ0v) is 17.0. The molecule has 0 radical (unpaired) electrons. The average Bonchev–Trinajstić information content (AvgIpc) is 2.46. The molecule has 4 heteroatoms. The van der Waals surface area contributed by atoms with Gasteiger partial charge in [0.1, 0.15) is 0 Å². The lowest BCUT2D eigenvalue weighted by atomic mass is 9.75. The van der Waals surface area contributed by atoms with Crippen LogP contribution in [0.3, 0.4) is 0 Å². The molecule has 1 saturated carbocycles. The molecular formula is C20H34NO2P. The minimum atomic E-state index is -3.12. The molecule has 0 amide bonds. The van der Waals surface area contributed by atoms with Crippen molar-refractivity contribution in [3.63, 3.8) is 0 Å². The highest BCUT2D eigenvalue weighted by Gasteiger charge is 2.39. The largest absolute Gasteiger partial charge is 0.311 e. The molecule has 0 spiro atoms. The summed E-state index contributed by atoms with van der Waals surface area (Å²) < 4.78 is 20.3. The van der Waals surface area contributed by atoms with Gasteiger partial charge in [-0.05, 0) is 63.5 Å². The Morgan fingerprint density at radius 1 is 1.17 bits per heavy atom. The number of nitrogens with one attached hydrogen (secondary N) is 1. The van der Waals surface area contributed by atoms with Gasteiger partial charge in [0.25, 0.3) is 7.52 Å². The van der Waals surface area contributed by atoms with Crippen LogP contribution in [0.15, 0.2) is 30.3 Å². The van der Waals surface area contributed by atoms with Crippen molar-refractivity contribution in [2.24, 2.45) is 17.8 Å². The van der Waals surface area contributed by atoms with E-state index in [1.807, 2.05) is 51.1 Å². The van der Waals surface area contributed by atoms with Crippen LogP contribution in [0.1, 0.15) is 60.8 Å². The second-order valence-electron chi connectivity index (χ2n) is 8.72. The Labute approximate surface area is 148 Å². The Morgan fingerprint density at radius 3 is 2.33 bits per heavy atom. The van der Waals surface area contributed by atoms with Crippen LogP contribution in [0.2, 0.25) is 0 Å². The first-order valence-electron chi connectivity index (χ1n) is 9.24. The summed E-state index contributed by atoms with van der Waals surface area (Å²) in [7, 11) is -3.12. The second-order valence-corrected chi connectivity index (χ2v) is 10.8. The predicted molar refractivity (Wildman–Crippen MR) is 103 cm³/mol. The van der Waals surface area contributed by atoms with Gasteiger partial charge in [-0.3, -0.25) is 4.57 Å². The zero-order chi connectivity index (χ0) is 18.0. The van der Waals surface area contributed by atoms with Crippen LogP contribution in [-0.4, -0.2) is 11.6 Å². The Bertz CT molecular complexity index is 565. The van der Waals surface area contributed by atoms with E-state index in [1.165, 1.54) is 6.42 Å². The van der Waals surface area contributed by atoms with Crippen LogP contribution in [0.4, 0.5) is 0 Å². The molecule has 1 aromatic rings. The van der Waals surface area contributed by atoms with Crippen LogP contribution < -0.4 is 10.4 Å². The van der Waals surface area contributed by atoms with Crippen molar-refractivity contribution in [1.29, 1.82) is 0 Å². The molecule has 136 valence electrons. The van der Waals surface area contributed by atoms with Gasteiger partial charge < -0.3 is 4.52 Å². The Hall–Kier alpha value is -0.630. The quantitative estimate of drug-likeness (QED) is 0.725. The van der Waals surface area contributed by atoms with E-state index < -0.39 is 7.52 Å². The molecular weight excluding hydrogens is 317 g/mol. The fraction of sp³-hybridized carbons (Fsp3) is 0.700. The van der Waals surface area contributed by atoms with Gasteiger partial charge in [-0.25, -0.2) is 5.09 Å². The van der Waals surface area contributed by atoms with E-state index in [0.29, 0.717) is 17.8 Å². The van der Waals surface area contributed by atoms with Gasteiger partial charge in [-0.1, -0.05) is 45.4 Å². The molecule has 2 rings (SSSR count). The lowest BCUT2D eigenvalue weighted by Crippen LogP contribution is -2.41. The molecule has 1 N–H and O–H groups in total. The smallest absolute Gasteiger partial charge is 0.300 e. The highest BCUT2D eigenvalue weighted by atomic mass is 31.2. The van der Waals surface area contributed by atoms with Crippen molar-refractivity contribution < 1.29 is 9.09 Å². The molecule has 1 fully saturated rings. The third kappa shape index (κ3) is 5.18. The van der Waals surface area contributed by atoms with Gasteiger partial charge in [0.15, 0.2) is 0 Å². The average molecular weight is 351 g/mol. The van der Waals surface area contributed by atoms with E-state index in [-0.39, 0.29) is 11.6 Å². The summed E-state index contributed by atoms with van der Waals surface area (Å²) >= 11 is 0. The third-order valence-electron chi connectivity index (χ3n) is 4.82. The normalized spacial score (nSPS) is 27.9. The Balaban J connectivity index is 2.32. The van der Waals surface area contributed by atoms with Gasteiger partial charge in [-0.15, -0.1) is 0 Å². The van der Waals surface area contributed by atoms with Crippen LogP contribution >= 0.6 is 7.52 Å². The molecule has 0 aliphatic heterocycles. The number of benzene rings is 1. The summed E-state index contributed by atoms with van der Waals surface area (Å²) in [5, 5.41) is 4.07. The maximum Gasteiger partial charge on any atom is 0.300 e. The molecule has 0 aromatic heterocycles. The number of rotatable bonds is 5. The van der Waals surface area contributed by atoms with Crippen molar-refractivity contribution in [1.82, 2.24) is 5.09 Å². The van der Waals surface area contributed by atoms with Crippen LogP contribution in [-0.2, 0) is 9.09 Å². The van der Waals surface area contributed by atoms with Crippen molar-refractivity contribution in [2.45, 2.75) is 72.4 Å². The van der Waals surface area contributed by atoms with Gasteiger partial charge in [0.2, 0.25) is 0 Å². The molecule has 1 aliphatic rings. The molecule has 0 saturated heterocycles. The summed E-state index contributed by atoms with van der Waals surface area (Å²) in [6, 6.07) is 9.63. The first-order valence-corrected chi connectivity index (χ1v) is 10.9. The molecule has 3 nitrogen and oxygen atoms in total. The minimum absolute atomic E-state index is 0.0506. The molecule has 0 bridgehead atoms. The summed E-state index contributed by atoms with van der Waals surface area (Å²) in [6.07, 6.45) is 3.44. The highest BCUT2D eigenvalue weighted by Crippen LogP contribution is 2.49. The van der Waals surface area contributed by atoms with E-state index in [4.69, 9.17) is 4.52 Å². The summed E-state index contributed by atoms with van der Waals surface area (Å²) in [6.45, 7) is 12.9. The fourth-order valence-electron chi connectivity index (χ4n) is 3.64. The van der Waals surface area contributed by atoms with Crippen molar-refractivity contribution in [2.75, 3.05) is 0 Å². The Morgan fingerprint density at radius 2 is 1.79 bits per heavy atom. The monoisotopic (exact) mass is 351 g/mol. The Kier molecular flexibility index (Phi) is 6.34. The van der Waals surface area contributed by atoms with Crippen molar-refractivity contribution in [3.8, 4) is 0 Å². The minimum Gasteiger partial charge on any atom is -0.311 e. The standard InChI is InChI=1S/C20H34NO2P/c1-15(2)18-13-12-16(3)14-19(18)23-24(22,21-20(4,5)6)17-10-8-7-9-11-17/h7-11,15-16,18-19H,12-14H2,1-6H3,(H,21,22). The molecule has 0 heterocycles. The van der Waals surface area contributed by atoms with Gasteiger partial charge in [0.05, 0.1) is 11.4 Å². The molecule has 24 heavy (non-hydrogen) atoms. The van der Waals surface area contributed by atoms with Crippen molar-refractivity contribution in [3.05, 3.63) is 30.3 Å². The summed E-state index contributed by atoms with van der Waals surface area (Å²) in [4.78, 5) is 0. The van der Waals surface area contributed by atoms with Crippen LogP contribution in [0.25, 0.3) is 0 Å². The van der Waals surface area contributed by atoms with Gasteiger partial charge in [0, 0.05) is 5.54 Å². The molecule has 4 atom stereocenters. The summed E-state index contributed by atoms with van der Waals surface area (Å²) in [5.41, 5.74) is -0.279. The summed E-state index contributed by atoms with van der Waals surface area (Å²) in [5.74, 6) is 1.64. The SMILES string of the molecule is CC1CCC(C(C)C)C(OP(=O)(NC(C)(C)C)c2ccccc2)C1. The number of hydrogen-bond donors (Lipinski definition) is 1. The topological polar surface area (TPSA) is 38.3 Å². The second kappa shape index (κ2) is 7.72. The van der Waals surface area contributed by atoms with Gasteiger partial charge in [-0.2, -0.15) is 0 Å². The molecule has 1 aromatic carbocycles. The third-order valence-corrected chi connectivity index (χ3v) is 7.33. The molecule has 1 aliphatic carbocycles. The van der Waals surface area contributed by atoms with Crippen LogP contribution in [0, 0.1) is 17.8 Å². The first kappa shape index (κ1) is 19.7. The van der Waals surface area contributed by atoms with E-state index in [1.54, 1.807) is 0 Å². The molecule has 4 unspecified atom stereocenters. The van der Waals surface area contributed by atoms with E-state index in [0.717, 1.165) is 18.1 Å². The lowest BCUT2D eigenvalue weighted by Gasteiger charge is -2.40. The first-order chi connectivity index (χ1) is 11.1. The number of hydrogen-bond acceptors (Lipinski definition) is 2. The van der Waals surface area contributed by atoms with E-state index in [9.17, 15) is 4.57 Å². The van der Waals surface area contributed by atoms with Gasteiger partial charge >= 0.3 is 0 Å². The zero-order valence-electron chi connectivity index (χ0n) is 16.1. The predicted octanol–water partition coefficient (Wildman–Crippen LogP) is 5.37. The van der Waals surface area contributed by atoms with Crippen LogP contribution in [0.5, 0.6) is 0 Å². The lowest BCUT2D eigenvalue weighted by molar-refractivity contribution is 0.0474. The maximum atomic E-state index is 13.8. The van der Waals surface area contributed by atoms with Crippen molar-refractivity contribution >= 4 is 12.8 Å². The highest BCUT2D eigenvalue weighted by molar-refractivity contribution is 7.65.